The number of nitrogens with zero attached hydrogens (tertiary/aromatic N) is 3. The van der Waals surface area contributed by atoms with Gasteiger partial charge in [-0.1, -0.05) is 24.3 Å². The molecule has 0 saturated carbocycles. The van der Waals surface area contributed by atoms with Gasteiger partial charge in [-0.2, -0.15) is 5.10 Å². The molecular weight excluding hydrogens is 438 g/mol. The summed E-state index contributed by atoms with van der Waals surface area (Å²) in [5.74, 6) is 1.20. The summed E-state index contributed by atoms with van der Waals surface area (Å²) in [6.45, 7) is 3.43. The first-order valence-electron chi connectivity index (χ1n) is 10.6. The Morgan fingerprint density at radius 1 is 1.12 bits per heavy atom. The lowest BCUT2D eigenvalue weighted by Gasteiger charge is -2.22. The molecule has 0 atom stereocenters. The van der Waals surface area contributed by atoms with Crippen LogP contribution in [0.5, 0.6) is 11.5 Å². The van der Waals surface area contributed by atoms with E-state index in [1.165, 1.54) is 6.20 Å². The number of fused-ring (bicyclic) bond motifs is 1. The zero-order chi connectivity index (χ0) is 23.2. The van der Waals surface area contributed by atoms with Crippen LogP contribution in [0.4, 0.5) is 0 Å². The van der Waals surface area contributed by atoms with Crippen molar-refractivity contribution in [1.29, 1.82) is 0 Å². The predicted octanol–water partition coefficient (Wildman–Crippen LogP) is 4.09. The lowest BCUT2D eigenvalue weighted by atomic mass is 10.2. The van der Waals surface area contributed by atoms with Crippen LogP contribution in [0.3, 0.4) is 0 Å². The molecule has 7 nitrogen and oxygen atoms in total. The van der Waals surface area contributed by atoms with E-state index in [4.69, 9.17) is 9.47 Å². The van der Waals surface area contributed by atoms with E-state index < -0.39 is 0 Å². The number of hydrogen-bond acceptors (Lipinski definition) is 6. The van der Waals surface area contributed by atoms with Crippen molar-refractivity contribution < 1.29 is 14.3 Å². The second kappa shape index (κ2) is 10.3. The standard InChI is InChI=1S/C25H25N3O4S/c1-3-27(25(30)16-28-21-9-5-4-8-20(21)22(29)14-26-28)15-18-10-11-23(24(13-18)31-2)32-17-19-7-6-12-33-19/h4-14H,3,15-17H2,1-2H3. The van der Waals surface area contributed by atoms with Crippen molar-refractivity contribution in [1.82, 2.24) is 14.7 Å². The van der Waals surface area contributed by atoms with Crippen LogP contribution in [0.1, 0.15) is 17.4 Å². The van der Waals surface area contributed by atoms with Crippen molar-refractivity contribution in [3.63, 3.8) is 0 Å². The Hall–Kier alpha value is -3.65. The summed E-state index contributed by atoms with van der Waals surface area (Å²) in [4.78, 5) is 28.0. The highest BCUT2D eigenvalue weighted by Gasteiger charge is 2.16. The molecule has 2 aromatic heterocycles. The number of likely N-dealkylation sites (N-methyl/N-ethyl adjacent to an activating group) is 1. The van der Waals surface area contributed by atoms with Gasteiger partial charge in [-0.15, -0.1) is 11.3 Å². The number of para-hydroxylation sites is 1. The van der Waals surface area contributed by atoms with Gasteiger partial charge in [-0.05, 0) is 48.2 Å². The lowest BCUT2D eigenvalue weighted by Crippen LogP contribution is -2.34. The molecule has 0 spiro atoms. The number of carbonyl (C=O) groups is 1. The summed E-state index contributed by atoms with van der Waals surface area (Å²) in [5, 5.41) is 6.73. The maximum absolute atomic E-state index is 13.1. The largest absolute Gasteiger partial charge is 0.493 e. The molecule has 0 unspecified atom stereocenters. The molecule has 0 saturated heterocycles. The Morgan fingerprint density at radius 2 is 1.97 bits per heavy atom. The quantitative estimate of drug-likeness (QED) is 0.374. The van der Waals surface area contributed by atoms with Crippen molar-refractivity contribution in [3.8, 4) is 11.5 Å². The summed E-state index contributed by atoms with van der Waals surface area (Å²) < 4.78 is 13.0. The van der Waals surface area contributed by atoms with Crippen LogP contribution in [-0.4, -0.2) is 34.2 Å². The van der Waals surface area contributed by atoms with Gasteiger partial charge in [0.05, 0.1) is 18.8 Å². The van der Waals surface area contributed by atoms with Gasteiger partial charge in [0.15, 0.2) is 11.5 Å². The Balaban J connectivity index is 1.47. The molecule has 1 amide bonds. The molecule has 8 heteroatoms. The molecule has 0 N–H and O–H groups in total. The number of methoxy groups -OCH3 is 1. The molecule has 0 aliphatic rings. The number of hydrogen-bond donors (Lipinski definition) is 0. The van der Waals surface area contributed by atoms with E-state index in [9.17, 15) is 9.59 Å². The van der Waals surface area contributed by atoms with Gasteiger partial charge in [-0.25, -0.2) is 0 Å². The van der Waals surface area contributed by atoms with E-state index >= 15 is 0 Å². The van der Waals surface area contributed by atoms with E-state index in [-0.39, 0.29) is 17.9 Å². The van der Waals surface area contributed by atoms with Crippen LogP contribution < -0.4 is 14.9 Å². The fraction of sp³-hybridized carbons (Fsp3) is 0.240. The molecule has 33 heavy (non-hydrogen) atoms. The van der Waals surface area contributed by atoms with Gasteiger partial charge in [0, 0.05) is 23.4 Å². The number of amides is 1. The number of thiophene rings is 1. The van der Waals surface area contributed by atoms with Gasteiger partial charge in [0.2, 0.25) is 11.3 Å². The summed E-state index contributed by atoms with van der Waals surface area (Å²) in [6, 6.07) is 16.9. The lowest BCUT2D eigenvalue weighted by molar-refractivity contribution is -0.132. The molecule has 2 heterocycles. The van der Waals surface area contributed by atoms with Gasteiger partial charge < -0.3 is 14.4 Å². The van der Waals surface area contributed by atoms with E-state index in [1.54, 1.807) is 46.2 Å². The maximum Gasteiger partial charge on any atom is 0.244 e. The topological polar surface area (TPSA) is 73.7 Å². The van der Waals surface area contributed by atoms with Crippen LogP contribution in [-0.2, 0) is 24.5 Å². The highest BCUT2D eigenvalue weighted by atomic mass is 32.1. The number of ether oxygens (including phenoxy) is 2. The molecule has 170 valence electrons. The van der Waals surface area contributed by atoms with Crippen molar-refractivity contribution in [2.45, 2.75) is 26.6 Å². The van der Waals surface area contributed by atoms with Crippen molar-refractivity contribution in [3.05, 3.63) is 86.8 Å². The monoisotopic (exact) mass is 463 g/mol. The molecule has 2 aromatic carbocycles. The summed E-state index contributed by atoms with van der Waals surface area (Å²) >= 11 is 1.64. The zero-order valence-electron chi connectivity index (χ0n) is 18.6. The molecule has 0 fully saturated rings. The van der Waals surface area contributed by atoms with Crippen molar-refractivity contribution in [2.75, 3.05) is 13.7 Å². The third-order valence-electron chi connectivity index (χ3n) is 5.33. The molecule has 0 aliphatic carbocycles. The van der Waals surface area contributed by atoms with Crippen LogP contribution in [0, 0.1) is 0 Å². The molecule has 0 bridgehead atoms. The first-order chi connectivity index (χ1) is 16.1. The Bertz CT molecular complexity index is 1300. The second-order valence-electron chi connectivity index (χ2n) is 7.44. The molecule has 4 rings (SSSR count). The van der Waals surface area contributed by atoms with Crippen LogP contribution in [0.15, 0.2) is 71.0 Å². The van der Waals surface area contributed by atoms with Crippen LogP contribution >= 0.6 is 11.3 Å². The van der Waals surface area contributed by atoms with Crippen molar-refractivity contribution >= 4 is 28.1 Å². The molecule has 0 aliphatic heterocycles. The fourth-order valence-electron chi connectivity index (χ4n) is 3.58. The molecule has 0 radical (unpaired) electrons. The smallest absolute Gasteiger partial charge is 0.244 e. The number of aromatic nitrogens is 2. The maximum atomic E-state index is 13.1. The number of rotatable bonds is 9. The average molecular weight is 464 g/mol. The minimum atomic E-state index is -0.157. The second-order valence-corrected chi connectivity index (χ2v) is 8.48. The highest BCUT2D eigenvalue weighted by molar-refractivity contribution is 7.09. The highest BCUT2D eigenvalue weighted by Crippen LogP contribution is 2.30. The van der Waals surface area contributed by atoms with Gasteiger partial charge in [-0.3, -0.25) is 14.3 Å². The average Bonchev–Trinajstić information content (AvgIpc) is 3.37. The third-order valence-corrected chi connectivity index (χ3v) is 6.18. The zero-order valence-corrected chi connectivity index (χ0v) is 19.4. The van der Waals surface area contributed by atoms with Gasteiger partial charge in [0.1, 0.15) is 13.2 Å². The van der Waals surface area contributed by atoms with Crippen LogP contribution in [0.25, 0.3) is 10.9 Å². The SMILES string of the molecule is CCN(Cc1ccc(OCc2cccs2)c(OC)c1)C(=O)Cn1ncc(=O)c2ccccc21. The first-order valence-corrected chi connectivity index (χ1v) is 11.5. The minimum absolute atomic E-state index is 0.0494. The molecular formula is C25H25N3O4S. The number of benzene rings is 2. The van der Waals surface area contributed by atoms with Crippen LogP contribution in [0.2, 0.25) is 0 Å². The first kappa shape index (κ1) is 22.5. The Kier molecular flexibility index (Phi) is 7.04. The molecule has 4 aromatic rings. The van der Waals surface area contributed by atoms with E-state index in [0.717, 1.165) is 10.4 Å². The summed E-state index contributed by atoms with van der Waals surface area (Å²) in [5.41, 5.74) is 1.42. The third kappa shape index (κ3) is 5.23. The van der Waals surface area contributed by atoms with E-state index in [2.05, 4.69) is 5.10 Å². The summed E-state index contributed by atoms with van der Waals surface area (Å²) in [7, 11) is 1.60. The normalized spacial score (nSPS) is 10.8. The van der Waals surface area contributed by atoms with Crippen molar-refractivity contribution in [2.24, 2.45) is 0 Å². The summed E-state index contributed by atoms with van der Waals surface area (Å²) in [6.07, 6.45) is 1.26. The predicted molar refractivity (Wildman–Crippen MR) is 129 cm³/mol. The number of carbonyl (C=O) groups excluding carboxylic acids is 1. The Morgan fingerprint density at radius 3 is 2.73 bits per heavy atom. The van der Waals surface area contributed by atoms with Gasteiger partial charge in [0.25, 0.3) is 0 Å². The fourth-order valence-corrected chi connectivity index (χ4v) is 4.20. The van der Waals surface area contributed by atoms with Gasteiger partial charge >= 0.3 is 0 Å². The van der Waals surface area contributed by atoms with E-state index in [0.29, 0.717) is 42.1 Å². The Labute approximate surface area is 195 Å². The van der Waals surface area contributed by atoms with E-state index in [1.807, 2.05) is 48.7 Å². The minimum Gasteiger partial charge on any atom is -0.493 e.